The lowest BCUT2D eigenvalue weighted by Gasteiger charge is -2.13. The highest BCUT2D eigenvalue weighted by Crippen LogP contribution is 2.27. The van der Waals surface area contributed by atoms with Crippen molar-refractivity contribution in [3.05, 3.63) is 46.1 Å². The first-order chi connectivity index (χ1) is 11.8. The van der Waals surface area contributed by atoms with Crippen molar-refractivity contribution in [1.82, 2.24) is 9.55 Å². The number of rotatable bonds is 5. The van der Waals surface area contributed by atoms with Gasteiger partial charge in [0.25, 0.3) is 0 Å². The number of hydrogen-bond donors (Lipinski definition) is 3. The number of primary amides is 1. The molecule has 2 aromatic rings. The molecule has 25 heavy (non-hydrogen) atoms. The molecule has 0 aliphatic rings. The number of aromatic nitrogens is 2. The van der Waals surface area contributed by atoms with Gasteiger partial charge in [-0.3, -0.25) is 9.36 Å². The Bertz CT molecular complexity index is 875. The van der Waals surface area contributed by atoms with E-state index in [-0.39, 0.29) is 6.54 Å². The van der Waals surface area contributed by atoms with E-state index in [1.165, 1.54) is 17.7 Å². The minimum Gasteiger partial charge on any atom is -0.495 e. The number of benzene rings is 1. The Morgan fingerprint density at radius 3 is 2.56 bits per heavy atom. The maximum absolute atomic E-state index is 12.2. The van der Waals surface area contributed by atoms with Gasteiger partial charge in [-0.25, -0.2) is 9.59 Å². The maximum atomic E-state index is 12.2. The van der Waals surface area contributed by atoms with Crippen molar-refractivity contribution in [2.75, 3.05) is 17.7 Å². The molecule has 132 valence electrons. The Hall–Kier alpha value is -3.36. The van der Waals surface area contributed by atoms with Crippen LogP contribution in [0.4, 0.5) is 16.2 Å². The normalized spacial score (nSPS) is 10.2. The fourth-order valence-corrected chi connectivity index (χ4v) is 2.33. The highest BCUT2D eigenvalue weighted by molar-refractivity contribution is 5.94. The Labute approximate surface area is 143 Å². The van der Waals surface area contributed by atoms with Crippen LogP contribution in [0.3, 0.4) is 0 Å². The van der Waals surface area contributed by atoms with E-state index in [0.717, 1.165) is 0 Å². The van der Waals surface area contributed by atoms with E-state index in [2.05, 4.69) is 15.6 Å². The molecule has 0 bridgehead atoms. The lowest BCUT2D eigenvalue weighted by molar-refractivity contribution is -0.116. The number of carbonyl (C=O) groups is 2. The summed E-state index contributed by atoms with van der Waals surface area (Å²) in [5, 5.41) is 5.06. The maximum Gasteiger partial charge on any atom is 0.348 e. The number of ether oxygens (including phenoxy) is 1. The zero-order valence-corrected chi connectivity index (χ0v) is 14.1. The largest absolute Gasteiger partial charge is 0.495 e. The quantitative estimate of drug-likeness (QED) is 0.744. The third-order valence-corrected chi connectivity index (χ3v) is 3.39. The van der Waals surface area contributed by atoms with Crippen molar-refractivity contribution in [3.8, 4) is 5.75 Å². The molecule has 0 atom stereocenters. The van der Waals surface area contributed by atoms with Crippen molar-refractivity contribution >= 4 is 23.3 Å². The number of nitrogens with zero attached hydrogens (tertiary/aromatic N) is 2. The lowest BCUT2D eigenvalue weighted by Crippen LogP contribution is -2.31. The number of urea groups is 1. The second kappa shape index (κ2) is 7.47. The second-order valence-corrected chi connectivity index (χ2v) is 5.36. The SMILES string of the molecule is COc1ccc(NC(=O)Cn2c(C)cc(C)nc2=O)cc1NC(N)=O. The molecule has 0 radical (unpaired) electrons. The van der Waals surface area contributed by atoms with Gasteiger partial charge in [-0.15, -0.1) is 0 Å². The standard InChI is InChI=1S/C16H19N5O4/c1-9-6-10(2)21(16(24)18-9)8-14(22)19-11-4-5-13(25-3)12(7-11)20-15(17)23/h4-7H,8H2,1-3H3,(H,19,22)(H3,17,20,23). The summed E-state index contributed by atoms with van der Waals surface area (Å²) in [5.74, 6) is -0.0161. The van der Waals surface area contributed by atoms with Gasteiger partial charge in [0, 0.05) is 17.1 Å². The lowest BCUT2D eigenvalue weighted by atomic mass is 10.2. The van der Waals surface area contributed by atoms with Gasteiger partial charge in [-0.1, -0.05) is 0 Å². The van der Waals surface area contributed by atoms with Crippen LogP contribution in [0.5, 0.6) is 5.75 Å². The molecule has 0 saturated carbocycles. The molecule has 9 heteroatoms. The van der Waals surface area contributed by atoms with E-state index in [0.29, 0.717) is 28.5 Å². The number of aryl methyl sites for hydroxylation is 2. The first-order valence-corrected chi connectivity index (χ1v) is 7.39. The number of amides is 3. The molecule has 0 fully saturated rings. The predicted octanol–water partition coefficient (Wildman–Crippen LogP) is 0.998. The van der Waals surface area contributed by atoms with Crippen LogP contribution < -0.4 is 26.8 Å². The molecule has 1 aromatic carbocycles. The van der Waals surface area contributed by atoms with Gasteiger partial charge in [0.2, 0.25) is 5.91 Å². The van der Waals surface area contributed by atoms with Gasteiger partial charge in [0.05, 0.1) is 12.8 Å². The van der Waals surface area contributed by atoms with Gasteiger partial charge >= 0.3 is 11.7 Å². The Kier molecular flexibility index (Phi) is 5.38. The van der Waals surface area contributed by atoms with Gasteiger partial charge in [-0.2, -0.15) is 4.98 Å². The van der Waals surface area contributed by atoms with Crippen LogP contribution in [-0.2, 0) is 11.3 Å². The van der Waals surface area contributed by atoms with E-state index in [1.54, 1.807) is 32.0 Å². The first-order valence-electron chi connectivity index (χ1n) is 7.39. The summed E-state index contributed by atoms with van der Waals surface area (Å²) in [6.07, 6.45) is 0. The molecule has 1 aromatic heterocycles. The van der Waals surface area contributed by atoms with Crippen LogP contribution in [0.25, 0.3) is 0 Å². The molecule has 0 aliphatic carbocycles. The summed E-state index contributed by atoms with van der Waals surface area (Å²) < 4.78 is 6.38. The summed E-state index contributed by atoms with van der Waals surface area (Å²) in [7, 11) is 1.44. The van der Waals surface area contributed by atoms with Crippen molar-refractivity contribution in [3.63, 3.8) is 0 Å². The third kappa shape index (κ3) is 4.56. The summed E-state index contributed by atoms with van der Waals surface area (Å²) in [6.45, 7) is 3.26. The molecular weight excluding hydrogens is 326 g/mol. The Morgan fingerprint density at radius 1 is 1.24 bits per heavy atom. The van der Waals surface area contributed by atoms with Crippen molar-refractivity contribution < 1.29 is 14.3 Å². The highest BCUT2D eigenvalue weighted by Gasteiger charge is 2.11. The van der Waals surface area contributed by atoms with Gasteiger partial charge in [0.15, 0.2) is 0 Å². The van der Waals surface area contributed by atoms with Gasteiger partial charge < -0.3 is 21.1 Å². The number of nitrogens with one attached hydrogen (secondary N) is 2. The van der Waals surface area contributed by atoms with Gasteiger partial charge in [0.1, 0.15) is 12.3 Å². The minimum absolute atomic E-state index is 0.178. The van der Waals surface area contributed by atoms with Crippen LogP contribution in [0.2, 0.25) is 0 Å². The van der Waals surface area contributed by atoms with E-state index in [9.17, 15) is 14.4 Å². The van der Waals surface area contributed by atoms with Crippen molar-refractivity contribution in [2.45, 2.75) is 20.4 Å². The molecule has 4 N–H and O–H groups in total. The highest BCUT2D eigenvalue weighted by atomic mass is 16.5. The Morgan fingerprint density at radius 2 is 1.96 bits per heavy atom. The van der Waals surface area contributed by atoms with Crippen LogP contribution in [0.15, 0.2) is 29.1 Å². The van der Waals surface area contributed by atoms with Crippen LogP contribution in [0.1, 0.15) is 11.4 Å². The molecule has 0 aliphatic heterocycles. The monoisotopic (exact) mass is 345 g/mol. The molecule has 9 nitrogen and oxygen atoms in total. The number of methoxy groups -OCH3 is 1. The first kappa shape index (κ1) is 18.0. The molecule has 2 rings (SSSR count). The van der Waals surface area contributed by atoms with Crippen molar-refractivity contribution in [2.24, 2.45) is 5.73 Å². The molecule has 0 unspecified atom stereocenters. The molecule has 0 saturated heterocycles. The van der Waals surface area contributed by atoms with Crippen LogP contribution in [0, 0.1) is 13.8 Å². The summed E-state index contributed by atoms with van der Waals surface area (Å²) in [6, 6.07) is 5.65. The molecule has 0 spiro atoms. The smallest absolute Gasteiger partial charge is 0.348 e. The fourth-order valence-electron chi connectivity index (χ4n) is 2.33. The summed E-state index contributed by atoms with van der Waals surface area (Å²) in [4.78, 5) is 39.0. The molecule has 1 heterocycles. The Balaban J connectivity index is 2.18. The molecule has 3 amide bonds. The average molecular weight is 345 g/mol. The zero-order valence-electron chi connectivity index (χ0n) is 14.1. The van der Waals surface area contributed by atoms with Gasteiger partial charge in [-0.05, 0) is 38.1 Å². The fraction of sp³-hybridized carbons (Fsp3) is 0.250. The summed E-state index contributed by atoms with van der Waals surface area (Å²) in [5.41, 5.74) is 6.59. The van der Waals surface area contributed by atoms with E-state index < -0.39 is 17.6 Å². The zero-order chi connectivity index (χ0) is 18.6. The topological polar surface area (TPSA) is 128 Å². The van der Waals surface area contributed by atoms with Crippen LogP contribution >= 0.6 is 0 Å². The summed E-state index contributed by atoms with van der Waals surface area (Å²) >= 11 is 0. The van der Waals surface area contributed by atoms with E-state index in [1.807, 2.05) is 0 Å². The number of carbonyl (C=O) groups excluding carboxylic acids is 2. The molecular formula is C16H19N5O4. The second-order valence-electron chi connectivity index (χ2n) is 5.36. The average Bonchev–Trinajstić information content (AvgIpc) is 2.50. The predicted molar refractivity (Wildman–Crippen MR) is 92.8 cm³/mol. The van der Waals surface area contributed by atoms with Crippen LogP contribution in [-0.4, -0.2) is 28.6 Å². The van der Waals surface area contributed by atoms with E-state index in [4.69, 9.17) is 10.5 Å². The number of nitrogens with two attached hydrogens (primary N) is 1. The number of anilines is 2. The van der Waals surface area contributed by atoms with Crippen molar-refractivity contribution in [1.29, 1.82) is 0 Å². The third-order valence-electron chi connectivity index (χ3n) is 3.39. The minimum atomic E-state index is -0.755. The van der Waals surface area contributed by atoms with E-state index >= 15 is 0 Å². The number of hydrogen-bond acceptors (Lipinski definition) is 5.